The molecule has 1 aliphatic heterocycles. The number of rotatable bonds is 13. The van der Waals surface area contributed by atoms with E-state index in [1.807, 2.05) is 36.4 Å². The zero-order chi connectivity index (χ0) is 33.6. The van der Waals surface area contributed by atoms with Gasteiger partial charge in [-0.05, 0) is 31.6 Å². The van der Waals surface area contributed by atoms with Crippen molar-refractivity contribution < 1.29 is 19.4 Å². The zero-order valence-electron chi connectivity index (χ0n) is 26.9. The molecule has 1 aliphatic carbocycles. The summed E-state index contributed by atoms with van der Waals surface area (Å²) in [6, 6.07) is 11.8. The van der Waals surface area contributed by atoms with Gasteiger partial charge in [0.2, 0.25) is 17.7 Å². The second-order valence-electron chi connectivity index (χ2n) is 12.1. The number of aromatic nitrogens is 4. The first-order chi connectivity index (χ1) is 23.4. The van der Waals surface area contributed by atoms with E-state index in [9.17, 15) is 9.90 Å². The van der Waals surface area contributed by atoms with Crippen LogP contribution in [0.4, 0.5) is 0 Å². The molecule has 0 radical (unpaired) electrons. The fraction of sp³-hybridized carbons (Fsp3) is 0.400. The number of carbonyl (C=O) groups excluding carboxylic acids is 1. The quantitative estimate of drug-likeness (QED) is 0.148. The highest BCUT2D eigenvalue weighted by atomic mass is 35.5. The SMILES string of the molecule is COc1nc(-c2cccc(-c3cccc(-c4cnc(CN[C@H]5CCC(CO)C5)c(OC)n4)c3Cl)c2Cl)cnc1CNC[C@@H]1CCC(=O)N1. The van der Waals surface area contributed by atoms with Crippen LogP contribution in [-0.2, 0) is 17.9 Å². The third-order valence-corrected chi connectivity index (χ3v) is 9.79. The maximum absolute atomic E-state index is 11.5. The number of carbonyl (C=O) groups is 1. The number of nitrogens with zero attached hydrogens (tertiary/aromatic N) is 4. The van der Waals surface area contributed by atoms with E-state index in [0.717, 1.165) is 36.8 Å². The molecule has 2 fully saturated rings. The van der Waals surface area contributed by atoms with Gasteiger partial charge >= 0.3 is 0 Å². The summed E-state index contributed by atoms with van der Waals surface area (Å²) < 4.78 is 11.2. The molecule has 4 N–H and O–H groups in total. The van der Waals surface area contributed by atoms with Gasteiger partial charge in [-0.1, -0.05) is 59.6 Å². The molecule has 1 saturated heterocycles. The second kappa shape index (κ2) is 15.6. The van der Waals surface area contributed by atoms with E-state index in [1.165, 1.54) is 0 Å². The molecule has 3 atom stereocenters. The molecule has 2 aromatic carbocycles. The first-order valence-electron chi connectivity index (χ1n) is 16.1. The predicted molar refractivity (Wildman–Crippen MR) is 185 cm³/mol. The lowest BCUT2D eigenvalue weighted by Gasteiger charge is -2.16. The summed E-state index contributed by atoms with van der Waals surface area (Å²) in [5, 5.41) is 20.2. The van der Waals surface area contributed by atoms with Crippen LogP contribution in [0.25, 0.3) is 33.6 Å². The summed E-state index contributed by atoms with van der Waals surface area (Å²) >= 11 is 14.1. The Labute approximate surface area is 289 Å². The van der Waals surface area contributed by atoms with Crippen LogP contribution in [0.5, 0.6) is 11.8 Å². The number of aliphatic hydroxyl groups excluding tert-OH is 1. The van der Waals surface area contributed by atoms with Gasteiger partial charge in [-0.25, -0.2) is 9.97 Å². The molecule has 4 aromatic rings. The summed E-state index contributed by atoms with van der Waals surface area (Å²) in [5.41, 5.74) is 5.32. The van der Waals surface area contributed by atoms with Crippen LogP contribution >= 0.6 is 23.2 Å². The first kappa shape index (κ1) is 34.0. The molecule has 1 saturated carbocycles. The van der Waals surface area contributed by atoms with E-state index < -0.39 is 0 Å². The minimum Gasteiger partial charge on any atom is -0.480 e. The van der Waals surface area contributed by atoms with Gasteiger partial charge in [0.05, 0.1) is 48.0 Å². The summed E-state index contributed by atoms with van der Waals surface area (Å²) in [6.45, 7) is 1.82. The van der Waals surface area contributed by atoms with Crippen molar-refractivity contribution in [1.29, 1.82) is 0 Å². The van der Waals surface area contributed by atoms with E-state index in [2.05, 4.69) is 25.9 Å². The van der Waals surface area contributed by atoms with Gasteiger partial charge in [0, 0.05) is 67.0 Å². The Hall–Kier alpha value is -3.87. The van der Waals surface area contributed by atoms with Crippen molar-refractivity contribution in [3.05, 3.63) is 70.2 Å². The van der Waals surface area contributed by atoms with Crippen molar-refractivity contribution in [2.75, 3.05) is 27.4 Å². The van der Waals surface area contributed by atoms with Crippen LogP contribution in [0.15, 0.2) is 48.8 Å². The Morgan fingerprint density at radius 1 is 0.854 bits per heavy atom. The van der Waals surface area contributed by atoms with Crippen LogP contribution in [0.2, 0.25) is 10.0 Å². The average molecular weight is 693 g/mol. The number of aliphatic hydroxyl groups is 1. The monoisotopic (exact) mass is 691 g/mol. The third-order valence-electron chi connectivity index (χ3n) is 8.98. The van der Waals surface area contributed by atoms with Gasteiger partial charge in [-0.3, -0.25) is 14.8 Å². The maximum atomic E-state index is 11.5. The number of hydrogen-bond acceptors (Lipinski definition) is 10. The standard InChI is InChI=1S/C35H39Cl2N7O4/c1-47-34-29(15-38-14-22-11-12-31(46)42-22)40-16-27(43-34)25-7-3-5-23(32(25)36)24-6-4-8-26(33(24)37)28-17-41-30(35(44-28)48-2)18-39-21-10-9-20(13-21)19-45/h3-8,16-17,20-22,38-39,45H,9-15,18-19H2,1-2H3,(H,42,46)/t20?,21-,22-/m0/s1. The molecule has 1 unspecified atom stereocenters. The van der Waals surface area contributed by atoms with Gasteiger partial charge in [-0.2, -0.15) is 0 Å². The van der Waals surface area contributed by atoms with Gasteiger partial charge in [-0.15, -0.1) is 0 Å². The Balaban J connectivity index is 1.21. The smallest absolute Gasteiger partial charge is 0.237 e. The lowest BCUT2D eigenvalue weighted by Crippen LogP contribution is -2.35. The van der Waals surface area contributed by atoms with Crippen molar-refractivity contribution in [3.8, 4) is 45.4 Å². The lowest BCUT2D eigenvalue weighted by atomic mass is 9.98. The summed E-state index contributed by atoms with van der Waals surface area (Å²) in [7, 11) is 3.14. The van der Waals surface area contributed by atoms with E-state index in [0.29, 0.717) is 93.7 Å². The van der Waals surface area contributed by atoms with Gasteiger partial charge in [0.15, 0.2) is 0 Å². The molecule has 1 amide bonds. The molecule has 2 aromatic heterocycles. The molecule has 2 aliphatic rings. The Bertz CT molecular complexity index is 1780. The predicted octanol–water partition coefficient (Wildman–Crippen LogP) is 5.21. The van der Waals surface area contributed by atoms with Crippen LogP contribution in [0.3, 0.4) is 0 Å². The lowest BCUT2D eigenvalue weighted by molar-refractivity contribution is -0.119. The van der Waals surface area contributed by atoms with Crippen molar-refractivity contribution in [1.82, 2.24) is 35.9 Å². The van der Waals surface area contributed by atoms with Crippen molar-refractivity contribution in [2.24, 2.45) is 5.92 Å². The number of ether oxygens (including phenoxy) is 2. The second-order valence-corrected chi connectivity index (χ2v) is 12.9. The number of nitrogens with one attached hydrogen (secondary N) is 3. The number of halogens is 2. The Morgan fingerprint density at radius 2 is 1.44 bits per heavy atom. The summed E-state index contributed by atoms with van der Waals surface area (Å²) in [6.07, 6.45) is 7.75. The molecule has 3 heterocycles. The van der Waals surface area contributed by atoms with E-state index in [4.69, 9.17) is 42.6 Å². The molecular formula is C35H39Cl2N7O4. The highest BCUT2D eigenvalue weighted by Gasteiger charge is 2.25. The molecular weight excluding hydrogens is 653 g/mol. The van der Waals surface area contributed by atoms with Gasteiger partial charge in [0.25, 0.3) is 0 Å². The highest BCUT2D eigenvalue weighted by Crippen LogP contribution is 2.42. The number of methoxy groups -OCH3 is 2. The van der Waals surface area contributed by atoms with Crippen LogP contribution < -0.4 is 25.4 Å². The van der Waals surface area contributed by atoms with Gasteiger partial charge in [0.1, 0.15) is 11.4 Å². The molecule has 11 nitrogen and oxygen atoms in total. The van der Waals surface area contributed by atoms with Crippen LogP contribution in [0, 0.1) is 5.92 Å². The van der Waals surface area contributed by atoms with Gasteiger partial charge < -0.3 is 30.5 Å². The molecule has 0 spiro atoms. The van der Waals surface area contributed by atoms with Crippen molar-refractivity contribution >= 4 is 29.1 Å². The molecule has 6 rings (SSSR count). The minimum absolute atomic E-state index is 0.0834. The van der Waals surface area contributed by atoms with E-state index in [1.54, 1.807) is 26.6 Å². The van der Waals surface area contributed by atoms with Crippen LogP contribution in [-0.4, -0.2) is 70.4 Å². The number of benzene rings is 2. The minimum atomic E-state index is 0.0834. The topological polar surface area (TPSA) is 143 Å². The summed E-state index contributed by atoms with van der Waals surface area (Å²) in [4.78, 5) is 30.3. The fourth-order valence-electron chi connectivity index (χ4n) is 6.36. The third kappa shape index (κ3) is 7.55. The Kier molecular flexibility index (Phi) is 11.0. The fourth-order valence-corrected chi connectivity index (χ4v) is 7.01. The Morgan fingerprint density at radius 3 is 1.96 bits per heavy atom. The zero-order valence-corrected chi connectivity index (χ0v) is 28.4. The molecule has 13 heteroatoms. The van der Waals surface area contributed by atoms with Crippen molar-refractivity contribution in [3.63, 3.8) is 0 Å². The van der Waals surface area contributed by atoms with E-state index in [-0.39, 0.29) is 18.6 Å². The first-order valence-corrected chi connectivity index (χ1v) is 16.9. The number of hydrogen-bond donors (Lipinski definition) is 4. The molecule has 0 bridgehead atoms. The molecule has 48 heavy (non-hydrogen) atoms. The highest BCUT2D eigenvalue weighted by molar-refractivity contribution is 6.39. The van der Waals surface area contributed by atoms with Crippen molar-refractivity contribution in [2.45, 2.75) is 57.3 Å². The summed E-state index contributed by atoms with van der Waals surface area (Å²) in [5.74, 6) is 1.25. The average Bonchev–Trinajstić information content (AvgIpc) is 3.76. The maximum Gasteiger partial charge on any atom is 0.237 e. The van der Waals surface area contributed by atoms with E-state index >= 15 is 0 Å². The normalized spacial score (nSPS) is 19.0. The van der Waals surface area contributed by atoms with Crippen LogP contribution in [0.1, 0.15) is 43.5 Å². The largest absolute Gasteiger partial charge is 0.480 e. The number of amides is 1. The molecule has 252 valence electrons.